The molecule has 3 aliphatic heterocycles. The Balaban J connectivity index is 1.58. The summed E-state index contributed by atoms with van der Waals surface area (Å²) in [5.74, 6) is -6.46. The third-order valence-electron chi connectivity index (χ3n) is 15.2. The Kier molecular flexibility index (Phi) is 31.4. The molecule has 22 heteroatoms. The molecule has 14 unspecified atom stereocenters. The molecule has 0 saturated carbocycles. The average molecular weight is 1200 g/mol. The number of ketones is 2. The first-order valence-corrected chi connectivity index (χ1v) is 29.5. The molecule has 1 aromatic carbocycles. The van der Waals surface area contributed by atoms with Gasteiger partial charge in [0.1, 0.15) is 18.0 Å². The van der Waals surface area contributed by atoms with Gasteiger partial charge in [0.2, 0.25) is 5.91 Å². The number of carbonyl (C=O) groups excluding carboxylic acids is 4. The van der Waals surface area contributed by atoms with Crippen LogP contribution in [-0.2, 0) is 33.3 Å². The van der Waals surface area contributed by atoms with Gasteiger partial charge in [-0.25, -0.2) is 0 Å². The number of ether oxygens (including phenoxy) is 4. The molecule has 0 aromatic heterocycles. The highest BCUT2D eigenvalue weighted by Crippen LogP contribution is 2.38. The van der Waals surface area contributed by atoms with Gasteiger partial charge in [0.25, 0.3) is 0 Å². The number of hydrogen-bond acceptors (Lipinski definition) is 21. The molecule has 3 aliphatic rings. The maximum absolute atomic E-state index is 13.8. The van der Waals surface area contributed by atoms with Gasteiger partial charge in [0, 0.05) is 75.8 Å². The second-order valence-corrected chi connectivity index (χ2v) is 23.2. The zero-order valence-corrected chi connectivity index (χ0v) is 49.9. The van der Waals surface area contributed by atoms with Crippen molar-refractivity contribution in [3.05, 3.63) is 115 Å². The summed E-state index contributed by atoms with van der Waals surface area (Å²) >= 11 is 0. The number of aliphatic hydroxyl groups is 10. The van der Waals surface area contributed by atoms with E-state index in [2.05, 4.69) is 10.6 Å². The topological polar surface area (TPSA) is 361 Å². The number of nitrogens with one attached hydrogen (secondary N) is 2. The summed E-state index contributed by atoms with van der Waals surface area (Å²) in [5, 5.41) is 117. The summed E-state index contributed by atoms with van der Waals surface area (Å²) in [6.45, 7) is 5.94. The van der Waals surface area contributed by atoms with Crippen molar-refractivity contribution in [3.63, 3.8) is 0 Å². The SMILES string of the molecule is CNc1ccc(C(=O)CC(O)CCC(C)C2OC(=O)CC(O)CC(=O)CC(O)CC(O)CC(O)CC(O)CC3(O)CC(O)C(C(=O)NCCN(C)C)C(CC(O[C@@H]4O[C@H](C)[C@@H](O)[C@H](N)[C@@H]4O)C=CC=CC=CC=CC=CC=CC=CC2C)O3)cc1. The predicted octanol–water partition coefficient (Wildman–Crippen LogP) is 2.34. The molecule has 0 radical (unpaired) electrons. The lowest BCUT2D eigenvalue weighted by molar-refractivity contribution is -0.307. The fraction of sp³-hybridized carbons (Fsp3) is 0.619. The van der Waals surface area contributed by atoms with E-state index in [0.29, 0.717) is 18.5 Å². The summed E-state index contributed by atoms with van der Waals surface area (Å²) in [4.78, 5) is 55.0. The van der Waals surface area contributed by atoms with Crippen LogP contribution in [0, 0.1) is 17.8 Å². The number of nitrogens with zero attached hydrogens (tertiary/aromatic N) is 1. The third-order valence-corrected chi connectivity index (χ3v) is 15.2. The number of aliphatic hydroxyl groups excluding tert-OH is 9. The number of Topliss-reactive ketones (excluding diaryl/α,β-unsaturated/α-hetero) is 2. The van der Waals surface area contributed by atoms with Gasteiger partial charge in [0.15, 0.2) is 17.9 Å². The van der Waals surface area contributed by atoms with Gasteiger partial charge in [-0.05, 0) is 83.3 Å². The van der Waals surface area contributed by atoms with Gasteiger partial charge in [0.05, 0.1) is 85.5 Å². The van der Waals surface area contributed by atoms with Crippen LogP contribution in [0.3, 0.4) is 0 Å². The molecule has 4 rings (SSSR count). The average Bonchev–Trinajstić information content (AvgIpc) is 1.84. The molecule has 476 valence electrons. The molecule has 2 fully saturated rings. The number of likely N-dealkylation sites (N-methyl/N-ethyl adjacent to an activating group) is 1. The van der Waals surface area contributed by atoms with Crippen LogP contribution >= 0.6 is 0 Å². The Morgan fingerprint density at radius 2 is 1.31 bits per heavy atom. The van der Waals surface area contributed by atoms with E-state index in [1.54, 1.807) is 117 Å². The van der Waals surface area contributed by atoms with Crippen LogP contribution in [0.25, 0.3) is 0 Å². The second kappa shape index (κ2) is 36.9. The van der Waals surface area contributed by atoms with Crippen molar-refractivity contribution in [3.8, 4) is 0 Å². The van der Waals surface area contributed by atoms with E-state index >= 15 is 0 Å². The zero-order chi connectivity index (χ0) is 62.8. The summed E-state index contributed by atoms with van der Waals surface area (Å²) in [6, 6.07) is 5.78. The number of amides is 1. The maximum Gasteiger partial charge on any atom is 0.308 e. The minimum Gasteiger partial charge on any atom is -0.461 e. The second-order valence-electron chi connectivity index (χ2n) is 23.2. The Morgan fingerprint density at radius 1 is 0.741 bits per heavy atom. The minimum atomic E-state index is -2.28. The van der Waals surface area contributed by atoms with E-state index in [-0.39, 0.29) is 56.3 Å². The van der Waals surface area contributed by atoms with Crippen molar-refractivity contribution in [2.24, 2.45) is 23.5 Å². The molecule has 0 spiro atoms. The van der Waals surface area contributed by atoms with Crippen molar-refractivity contribution in [2.45, 2.75) is 195 Å². The van der Waals surface area contributed by atoms with Crippen LogP contribution < -0.4 is 16.4 Å². The predicted molar refractivity (Wildman–Crippen MR) is 319 cm³/mol. The normalized spacial score (nSPS) is 33.9. The molecule has 3 heterocycles. The first kappa shape index (κ1) is 72.4. The highest BCUT2D eigenvalue weighted by atomic mass is 16.7. The number of fused-ring (bicyclic) bond motifs is 2. The number of cyclic esters (lactones) is 1. The fourth-order valence-corrected chi connectivity index (χ4v) is 10.6. The Bertz CT molecular complexity index is 2410. The molecule has 22 nitrogen and oxygen atoms in total. The van der Waals surface area contributed by atoms with Gasteiger partial charge in [-0.15, -0.1) is 0 Å². The van der Waals surface area contributed by atoms with Crippen LogP contribution in [0.1, 0.15) is 108 Å². The summed E-state index contributed by atoms with van der Waals surface area (Å²) in [5.41, 5.74) is 7.44. The molecule has 85 heavy (non-hydrogen) atoms. The van der Waals surface area contributed by atoms with Crippen LogP contribution in [0.5, 0.6) is 0 Å². The smallest absolute Gasteiger partial charge is 0.308 e. The van der Waals surface area contributed by atoms with Crippen LogP contribution in [0.4, 0.5) is 5.69 Å². The van der Waals surface area contributed by atoms with E-state index in [4.69, 9.17) is 24.7 Å². The van der Waals surface area contributed by atoms with Crippen molar-refractivity contribution in [1.29, 1.82) is 0 Å². The maximum atomic E-state index is 13.8. The lowest BCUT2D eigenvalue weighted by atomic mass is 9.82. The fourth-order valence-electron chi connectivity index (χ4n) is 10.6. The quantitative estimate of drug-likeness (QED) is 0.0939. The third kappa shape index (κ3) is 26.0. The van der Waals surface area contributed by atoms with E-state index < -0.39 is 160 Å². The number of nitrogens with two attached hydrogens (primary N) is 1. The Morgan fingerprint density at radius 3 is 1.91 bits per heavy atom. The first-order chi connectivity index (χ1) is 40.3. The van der Waals surface area contributed by atoms with Gasteiger partial charge < -0.3 is 91.3 Å². The summed E-state index contributed by atoms with van der Waals surface area (Å²) in [6.07, 6.45) is 3.33. The molecule has 1 amide bonds. The van der Waals surface area contributed by atoms with E-state index in [9.17, 15) is 70.2 Å². The number of rotatable bonds is 14. The van der Waals surface area contributed by atoms with Crippen LogP contribution in [0.15, 0.2) is 109 Å². The van der Waals surface area contributed by atoms with E-state index in [0.717, 1.165) is 5.69 Å². The summed E-state index contributed by atoms with van der Waals surface area (Å²) in [7, 11) is 5.40. The number of anilines is 1. The van der Waals surface area contributed by atoms with Gasteiger partial charge >= 0.3 is 5.97 Å². The zero-order valence-electron chi connectivity index (χ0n) is 49.9. The van der Waals surface area contributed by atoms with Crippen molar-refractivity contribution < 1.29 is 89.2 Å². The lowest BCUT2D eigenvalue weighted by Crippen LogP contribution is -2.62. The minimum absolute atomic E-state index is 0.102. The molecule has 2 saturated heterocycles. The van der Waals surface area contributed by atoms with Crippen molar-refractivity contribution >= 4 is 29.1 Å². The largest absolute Gasteiger partial charge is 0.461 e. The first-order valence-electron chi connectivity index (χ1n) is 29.5. The number of hydrogen-bond donors (Lipinski definition) is 13. The molecular formula is C63H96N4O18. The Labute approximate surface area is 500 Å². The number of esters is 1. The standard InChI is InChI=1S/C63H96N4O18/c1-39-19-17-15-13-11-9-7-8-10-12-14-16-18-20-51(83-62-59(79)57(64)58(78)41(3)82-62)36-54-56(61(80)66-27-28-67(5)6)53(76)38-63(81,85-54)37-50(74)33-48(72)31-46(70)29-45(69)30-47(71)32-49(73)35-55(77)84-60(39)40(2)21-26-44(68)34-52(75)42-22-24-43(65-4)25-23-42/h7-20,22-25,39-41,44-46,48-51,53-54,56-60,62,65,68-70,72-74,76,78-79,81H,21,26-38,64H2,1-6H3,(H,66,80)/t39?,40?,41-,44?,45?,46?,48?,49?,50?,51?,53?,54?,56?,57+,58-,59+,60?,62+,63?/m1/s1. The van der Waals surface area contributed by atoms with Crippen molar-refractivity contribution in [1.82, 2.24) is 10.2 Å². The van der Waals surface area contributed by atoms with Crippen LogP contribution in [-0.4, -0.2) is 211 Å². The molecule has 2 bridgehead atoms. The monoisotopic (exact) mass is 1200 g/mol. The molecule has 0 aliphatic carbocycles. The number of allylic oxidation sites excluding steroid dienone is 12. The molecule has 14 N–H and O–H groups in total. The highest BCUT2D eigenvalue weighted by molar-refractivity contribution is 5.96. The number of carbonyl (C=O) groups is 4. The summed E-state index contributed by atoms with van der Waals surface area (Å²) < 4.78 is 24.3. The van der Waals surface area contributed by atoms with Gasteiger partial charge in [-0.1, -0.05) is 98.9 Å². The highest BCUT2D eigenvalue weighted by Gasteiger charge is 2.51. The van der Waals surface area contributed by atoms with Gasteiger partial charge in [-0.3, -0.25) is 19.2 Å². The Hall–Kier alpha value is -5.12. The van der Waals surface area contributed by atoms with Crippen molar-refractivity contribution in [2.75, 3.05) is 39.5 Å². The molecule has 19 atom stereocenters. The number of benzene rings is 1. The van der Waals surface area contributed by atoms with E-state index in [1.807, 2.05) is 38.9 Å². The van der Waals surface area contributed by atoms with Gasteiger partial charge in [-0.2, -0.15) is 0 Å². The lowest BCUT2D eigenvalue weighted by Gasteiger charge is -2.46. The molecular weight excluding hydrogens is 1100 g/mol. The molecule has 1 aromatic rings. The van der Waals surface area contributed by atoms with Crippen LogP contribution in [0.2, 0.25) is 0 Å². The van der Waals surface area contributed by atoms with E-state index in [1.165, 1.54) is 0 Å².